The Hall–Kier alpha value is -3.93. The summed E-state index contributed by atoms with van der Waals surface area (Å²) >= 11 is 0. The molecule has 0 aromatic carbocycles. The van der Waals surface area contributed by atoms with Gasteiger partial charge in [-0.3, -0.25) is 14.4 Å². The van der Waals surface area contributed by atoms with Gasteiger partial charge in [0.15, 0.2) is 6.10 Å². The molecule has 0 bridgehead atoms. The summed E-state index contributed by atoms with van der Waals surface area (Å²) in [5, 5.41) is 0. The Labute approximate surface area is 419 Å². The van der Waals surface area contributed by atoms with E-state index in [4.69, 9.17) is 14.2 Å². The molecule has 68 heavy (non-hydrogen) atoms. The van der Waals surface area contributed by atoms with Crippen LogP contribution >= 0.6 is 0 Å². The molecule has 0 saturated carbocycles. The summed E-state index contributed by atoms with van der Waals surface area (Å²) in [5.41, 5.74) is 0. The van der Waals surface area contributed by atoms with Gasteiger partial charge in [0, 0.05) is 19.3 Å². The summed E-state index contributed by atoms with van der Waals surface area (Å²) in [7, 11) is 0. The van der Waals surface area contributed by atoms with E-state index in [9.17, 15) is 14.4 Å². The molecular formula is C62H102O6. The van der Waals surface area contributed by atoms with E-state index in [0.717, 1.165) is 135 Å². The quantitative estimate of drug-likeness (QED) is 0.0199. The van der Waals surface area contributed by atoms with Crippen molar-refractivity contribution in [1.82, 2.24) is 0 Å². The van der Waals surface area contributed by atoms with Crippen LogP contribution < -0.4 is 0 Å². The number of rotatable bonds is 49. The third-order valence-electron chi connectivity index (χ3n) is 11.5. The molecule has 0 aliphatic carbocycles. The largest absolute Gasteiger partial charge is 0.462 e. The fraction of sp³-hybridized carbons (Fsp3) is 0.661. The maximum Gasteiger partial charge on any atom is 0.306 e. The maximum atomic E-state index is 12.8. The zero-order valence-corrected chi connectivity index (χ0v) is 44.1. The molecule has 1 atom stereocenters. The van der Waals surface area contributed by atoms with E-state index in [0.29, 0.717) is 19.3 Å². The molecule has 6 heteroatoms. The van der Waals surface area contributed by atoms with Crippen LogP contribution in [0.5, 0.6) is 0 Å². The Balaban J connectivity index is 4.52. The van der Waals surface area contributed by atoms with Crippen molar-refractivity contribution in [3.05, 3.63) is 109 Å². The van der Waals surface area contributed by atoms with Crippen molar-refractivity contribution in [2.45, 2.75) is 252 Å². The molecule has 0 heterocycles. The first-order valence-corrected chi connectivity index (χ1v) is 27.9. The molecule has 0 amide bonds. The fourth-order valence-corrected chi connectivity index (χ4v) is 7.35. The smallest absolute Gasteiger partial charge is 0.306 e. The van der Waals surface area contributed by atoms with Crippen LogP contribution in [0.25, 0.3) is 0 Å². The highest BCUT2D eigenvalue weighted by atomic mass is 16.6. The van der Waals surface area contributed by atoms with Crippen molar-refractivity contribution in [1.29, 1.82) is 0 Å². The van der Waals surface area contributed by atoms with E-state index in [-0.39, 0.29) is 31.1 Å². The molecule has 0 N–H and O–H groups in total. The summed E-state index contributed by atoms with van der Waals surface area (Å²) in [4.78, 5) is 38.1. The topological polar surface area (TPSA) is 78.9 Å². The van der Waals surface area contributed by atoms with E-state index in [2.05, 4.69) is 130 Å². The molecule has 0 spiro atoms. The number of hydrogen-bond acceptors (Lipinski definition) is 6. The second-order valence-electron chi connectivity index (χ2n) is 18.2. The van der Waals surface area contributed by atoms with E-state index < -0.39 is 6.10 Å². The van der Waals surface area contributed by atoms with Gasteiger partial charge in [0.25, 0.3) is 0 Å². The SMILES string of the molecule is CC/C=C\C/C=C\C/C=C\C/C=C\C/C=C\CCCCCC(=O)OCC(COC(=O)CCCCC/C=C\CCCCCCCC)OC(=O)CCCCCCC\C=C/C=C\C=C/CCCCCCC. The van der Waals surface area contributed by atoms with Crippen LogP contribution in [0.2, 0.25) is 0 Å². The third kappa shape index (κ3) is 53.0. The van der Waals surface area contributed by atoms with Crippen LogP contribution in [0.15, 0.2) is 109 Å². The number of unbranched alkanes of at least 4 members (excludes halogenated alkanes) is 22. The van der Waals surface area contributed by atoms with Crippen molar-refractivity contribution in [2.75, 3.05) is 13.2 Å². The molecule has 0 fully saturated rings. The van der Waals surface area contributed by atoms with Crippen LogP contribution in [0.3, 0.4) is 0 Å². The Kier molecular flexibility index (Phi) is 52.4. The van der Waals surface area contributed by atoms with Crippen LogP contribution in [-0.2, 0) is 28.6 Å². The van der Waals surface area contributed by atoms with Gasteiger partial charge >= 0.3 is 17.9 Å². The summed E-state index contributed by atoms with van der Waals surface area (Å²) < 4.78 is 16.8. The Morgan fingerprint density at radius 1 is 0.324 bits per heavy atom. The molecule has 0 aliphatic heterocycles. The molecule has 0 aromatic rings. The average molecular weight is 943 g/mol. The van der Waals surface area contributed by atoms with Gasteiger partial charge in [-0.15, -0.1) is 0 Å². The van der Waals surface area contributed by atoms with Crippen molar-refractivity contribution in [3.63, 3.8) is 0 Å². The van der Waals surface area contributed by atoms with Gasteiger partial charge in [-0.05, 0) is 116 Å². The van der Waals surface area contributed by atoms with Gasteiger partial charge in [0.1, 0.15) is 13.2 Å². The van der Waals surface area contributed by atoms with Gasteiger partial charge in [-0.2, -0.15) is 0 Å². The highest BCUT2D eigenvalue weighted by molar-refractivity contribution is 5.71. The van der Waals surface area contributed by atoms with Crippen molar-refractivity contribution < 1.29 is 28.6 Å². The number of esters is 3. The predicted octanol–water partition coefficient (Wildman–Crippen LogP) is 18.7. The monoisotopic (exact) mass is 943 g/mol. The first kappa shape index (κ1) is 64.1. The Morgan fingerprint density at radius 2 is 0.632 bits per heavy atom. The van der Waals surface area contributed by atoms with Crippen LogP contribution in [0.4, 0.5) is 0 Å². The zero-order chi connectivity index (χ0) is 49.3. The van der Waals surface area contributed by atoms with Crippen LogP contribution in [0.1, 0.15) is 245 Å². The predicted molar refractivity (Wildman–Crippen MR) is 293 cm³/mol. The molecule has 0 aromatic heterocycles. The van der Waals surface area contributed by atoms with E-state index >= 15 is 0 Å². The molecule has 0 aliphatic rings. The average Bonchev–Trinajstić information content (AvgIpc) is 3.34. The minimum absolute atomic E-state index is 0.107. The second-order valence-corrected chi connectivity index (χ2v) is 18.2. The number of allylic oxidation sites excluding steroid dienone is 18. The van der Waals surface area contributed by atoms with Gasteiger partial charge in [-0.25, -0.2) is 0 Å². The highest BCUT2D eigenvalue weighted by Gasteiger charge is 2.19. The lowest BCUT2D eigenvalue weighted by molar-refractivity contribution is -0.167. The summed E-state index contributed by atoms with van der Waals surface area (Å²) in [6, 6.07) is 0. The molecule has 0 saturated heterocycles. The fourth-order valence-electron chi connectivity index (χ4n) is 7.35. The zero-order valence-electron chi connectivity index (χ0n) is 44.1. The number of carbonyl (C=O) groups is 3. The van der Waals surface area contributed by atoms with Gasteiger partial charge < -0.3 is 14.2 Å². The molecule has 0 radical (unpaired) electrons. The molecule has 0 rings (SSSR count). The van der Waals surface area contributed by atoms with Gasteiger partial charge in [0.2, 0.25) is 0 Å². The van der Waals surface area contributed by atoms with Crippen molar-refractivity contribution in [3.8, 4) is 0 Å². The summed E-state index contributed by atoms with van der Waals surface area (Å²) in [5.74, 6) is -0.976. The Bertz CT molecular complexity index is 1410. The highest BCUT2D eigenvalue weighted by Crippen LogP contribution is 2.13. The van der Waals surface area contributed by atoms with E-state index in [1.54, 1.807) is 0 Å². The number of hydrogen-bond donors (Lipinski definition) is 0. The molecule has 6 nitrogen and oxygen atoms in total. The first-order valence-electron chi connectivity index (χ1n) is 27.9. The number of carbonyl (C=O) groups excluding carboxylic acids is 3. The van der Waals surface area contributed by atoms with Crippen LogP contribution in [-0.4, -0.2) is 37.2 Å². The summed E-state index contributed by atoms with van der Waals surface area (Å²) in [6.45, 7) is 6.44. The number of ether oxygens (including phenoxy) is 3. The molecular weight excluding hydrogens is 841 g/mol. The lowest BCUT2D eigenvalue weighted by Crippen LogP contribution is -2.30. The first-order chi connectivity index (χ1) is 33.5. The normalized spacial score (nSPS) is 12.9. The minimum Gasteiger partial charge on any atom is -0.462 e. The minimum atomic E-state index is -0.811. The lowest BCUT2D eigenvalue weighted by atomic mass is 10.1. The second kappa shape index (κ2) is 55.7. The molecule has 386 valence electrons. The summed E-state index contributed by atoms with van der Waals surface area (Å²) in [6.07, 6.45) is 75.0. The van der Waals surface area contributed by atoms with E-state index in [1.807, 2.05) is 0 Å². The Morgan fingerprint density at radius 3 is 1.04 bits per heavy atom. The third-order valence-corrected chi connectivity index (χ3v) is 11.5. The van der Waals surface area contributed by atoms with Gasteiger partial charge in [0.05, 0.1) is 0 Å². The van der Waals surface area contributed by atoms with Crippen molar-refractivity contribution in [2.24, 2.45) is 0 Å². The molecule has 1 unspecified atom stereocenters. The van der Waals surface area contributed by atoms with Gasteiger partial charge in [-0.1, -0.05) is 220 Å². The van der Waals surface area contributed by atoms with Crippen molar-refractivity contribution >= 4 is 17.9 Å². The lowest BCUT2D eigenvalue weighted by Gasteiger charge is -2.18. The maximum absolute atomic E-state index is 12.8. The standard InChI is InChI=1S/C62H102O6/c1-4-7-10-13-16-19-22-25-27-29-31-33-34-37-40-43-46-49-52-55-61(64)67-58-59(57-66-60(63)54-51-48-45-42-39-36-24-21-18-15-12-9-6-3)68-62(65)56-53-50-47-44-41-38-35-32-30-28-26-23-20-17-14-11-8-5-2/h7,10,16,19,23,25-28,30-33,35-37,39-40,59H,4-6,8-9,11-15,17-18,20-22,24,29,34,38,41-58H2,1-3H3/b10-7-,19-16-,26-23-,27-25-,30-28-,33-31-,35-32-,39-36-,40-37-. The van der Waals surface area contributed by atoms with E-state index in [1.165, 1.54) is 70.6 Å². The van der Waals surface area contributed by atoms with Crippen LogP contribution in [0, 0.1) is 0 Å².